The molecule has 1 saturated heterocycles. The van der Waals surface area contributed by atoms with Crippen molar-refractivity contribution in [1.29, 1.82) is 0 Å². The highest BCUT2D eigenvalue weighted by molar-refractivity contribution is 6.05. The van der Waals surface area contributed by atoms with E-state index in [9.17, 15) is 0 Å². The van der Waals surface area contributed by atoms with Crippen LogP contribution in [0.3, 0.4) is 0 Å². The normalized spacial score (nSPS) is 19.4. The Hall–Kier alpha value is -3.30. The van der Waals surface area contributed by atoms with Gasteiger partial charge in [0.1, 0.15) is 17.5 Å². The van der Waals surface area contributed by atoms with Crippen LogP contribution in [0, 0.1) is 11.7 Å². The molecule has 0 bridgehead atoms. The van der Waals surface area contributed by atoms with E-state index in [4.69, 9.17) is 9.47 Å². The summed E-state index contributed by atoms with van der Waals surface area (Å²) in [5, 5.41) is 3.34. The molecule has 0 spiro atoms. The van der Waals surface area contributed by atoms with E-state index in [-0.39, 0.29) is 17.6 Å². The summed E-state index contributed by atoms with van der Waals surface area (Å²) >= 11 is 0. The number of aromatic nitrogens is 2. The lowest BCUT2D eigenvalue weighted by Gasteiger charge is -2.35. The minimum Gasteiger partial charge on any atom is -0.421 e. The molecule has 2 aliphatic carbocycles. The molecule has 0 amide bonds. The Bertz CT molecular complexity index is 1280. The zero-order valence-electron chi connectivity index (χ0n) is 21.5. The number of rotatable bonds is 8. The summed E-state index contributed by atoms with van der Waals surface area (Å²) in [6.07, 6.45) is 7.28. The molecule has 2 fully saturated rings. The maximum Gasteiger partial charge on any atom is 0.326 e. The number of amidine groups is 1. The Labute approximate surface area is 216 Å². The highest BCUT2D eigenvalue weighted by Gasteiger charge is 2.28. The molecule has 0 atom stereocenters. The number of hydrogen-bond donors (Lipinski definition) is 1. The number of halogens is 1. The number of benzene rings is 1. The fraction of sp³-hybridized carbons (Fsp3) is 0.464. The number of methoxy groups -OCH3 is 1. The van der Waals surface area contributed by atoms with Gasteiger partial charge in [0.15, 0.2) is 11.6 Å². The Morgan fingerprint density at radius 3 is 2.73 bits per heavy atom. The number of ether oxygens (including phenoxy) is 2. The van der Waals surface area contributed by atoms with Gasteiger partial charge in [0.2, 0.25) is 0 Å². The number of hydrogen-bond acceptors (Lipinski definition) is 8. The summed E-state index contributed by atoms with van der Waals surface area (Å²) in [4.78, 5) is 18.5. The molecular formula is C28H33FN6O2. The largest absolute Gasteiger partial charge is 0.421 e. The van der Waals surface area contributed by atoms with E-state index >= 15 is 4.39 Å². The summed E-state index contributed by atoms with van der Waals surface area (Å²) in [5.74, 6) is 2.57. The highest BCUT2D eigenvalue weighted by Crippen LogP contribution is 2.38. The third-order valence-corrected chi connectivity index (χ3v) is 7.41. The van der Waals surface area contributed by atoms with Gasteiger partial charge in [-0.1, -0.05) is 17.7 Å². The second-order valence-corrected chi connectivity index (χ2v) is 10.3. The van der Waals surface area contributed by atoms with Crippen molar-refractivity contribution in [2.75, 3.05) is 63.2 Å². The number of allylic oxidation sites excluding steroid dienone is 1. The van der Waals surface area contributed by atoms with Crippen molar-refractivity contribution in [3.05, 3.63) is 52.4 Å². The molecule has 0 radical (unpaired) electrons. The number of piperazine rings is 1. The quantitative estimate of drug-likeness (QED) is 0.575. The van der Waals surface area contributed by atoms with Crippen molar-refractivity contribution in [1.82, 2.24) is 14.9 Å². The van der Waals surface area contributed by atoms with Gasteiger partial charge in [-0.25, -0.2) is 4.39 Å². The molecule has 194 valence electrons. The molecular weight excluding hydrogens is 471 g/mol. The standard InChI is InChI=1S/C28H33FN6O2/c1-18-13-20-5-6-23(27(29)22(20)14-18)37-28-32-25(31-24-15-21(17-30-24)19-3-4-19)16-26(33-28)35-9-7-34(8-10-35)11-12-36-2/h5-6,14-16,19H,3-4,7-13,17H2,1-2H3,(H,30,31,32,33). The SMILES string of the molecule is COCCN1CCN(c2cc(NC3=NCC(C4CC4)=C3)nc(Oc3ccc4c(c3F)C=C(C)C4)n2)CC1. The van der Waals surface area contributed by atoms with Crippen LogP contribution in [-0.4, -0.2) is 73.7 Å². The molecule has 1 N–H and O–H groups in total. The fourth-order valence-corrected chi connectivity index (χ4v) is 5.15. The van der Waals surface area contributed by atoms with Crippen molar-refractivity contribution in [2.24, 2.45) is 10.9 Å². The maximum atomic E-state index is 15.3. The second kappa shape index (κ2) is 10.2. The Kier molecular flexibility index (Phi) is 6.65. The molecule has 8 nitrogen and oxygen atoms in total. The molecule has 2 aromatic rings. The molecule has 1 aromatic carbocycles. The molecule has 1 aromatic heterocycles. The molecule has 3 heterocycles. The van der Waals surface area contributed by atoms with Crippen LogP contribution in [0.2, 0.25) is 0 Å². The first-order chi connectivity index (χ1) is 18.1. The van der Waals surface area contributed by atoms with E-state index in [1.165, 1.54) is 18.4 Å². The van der Waals surface area contributed by atoms with Gasteiger partial charge in [-0.15, -0.1) is 0 Å². The first-order valence-corrected chi connectivity index (χ1v) is 13.1. The first kappa shape index (κ1) is 24.1. The minimum absolute atomic E-state index is 0.115. The predicted octanol–water partition coefficient (Wildman–Crippen LogP) is 4.30. The topological polar surface area (TPSA) is 75.1 Å². The maximum absolute atomic E-state index is 15.3. The van der Waals surface area contributed by atoms with Crippen LogP contribution in [0.1, 0.15) is 30.9 Å². The van der Waals surface area contributed by atoms with Crippen molar-refractivity contribution in [2.45, 2.75) is 26.2 Å². The van der Waals surface area contributed by atoms with Crippen LogP contribution in [0.25, 0.3) is 6.08 Å². The van der Waals surface area contributed by atoms with E-state index in [0.717, 1.165) is 75.1 Å². The van der Waals surface area contributed by atoms with Crippen LogP contribution in [0.15, 0.2) is 40.4 Å². The zero-order chi connectivity index (χ0) is 25.4. The van der Waals surface area contributed by atoms with E-state index < -0.39 is 0 Å². The Morgan fingerprint density at radius 1 is 1.11 bits per heavy atom. The second-order valence-electron chi connectivity index (χ2n) is 10.3. The number of nitrogens with one attached hydrogen (secondary N) is 1. The van der Waals surface area contributed by atoms with E-state index in [1.807, 2.05) is 25.1 Å². The van der Waals surface area contributed by atoms with Gasteiger partial charge in [-0.2, -0.15) is 9.97 Å². The third kappa shape index (κ3) is 5.38. The minimum atomic E-state index is -0.373. The monoisotopic (exact) mass is 504 g/mol. The number of nitrogens with zero attached hydrogens (tertiary/aromatic N) is 5. The third-order valence-electron chi connectivity index (χ3n) is 7.41. The summed E-state index contributed by atoms with van der Waals surface area (Å²) in [6.45, 7) is 7.86. The van der Waals surface area contributed by atoms with Gasteiger partial charge in [0.05, 0.1) is 13.2 Å². The Morgan fingerprint density at radius 2 is 1.95 bits per heavy atom. The van der Waals surface area contributed by atoms with E-state index in [1.54, 1.807) is 13.2 Å². The Balaban J connectivity index is 1.25. The van der Waals surface area contributed by atoms with Gasteiger partial charge in [-0.3, -0.25) is 9.89 Å². The molecule has 2 aliphatic heterocycles. The van der Waals surface area contributed by atoms with Crippen molar-refractivity contribution < 1.29 is 13.9 Å². The van der Waals surface area contributed by atoms with E-state index in [0.29, 0.717) is 17.3 Å². The summed E-state index contributed by atoms with van der Waals surface area (Å²) in [5.41, 5.74) is 4.08. The number of anilines is 2. The molecule has 6 rings (SSSR count). The summed E-state index contributed by atoms with van der Waals surface area (Å²) in [7, 11) is 1.73. The summed E-state index contributed by atoms with van der Waals surface area (Å²) in [6, 6.07) is 5.63. The van der Waals surface area contributed by atoms with Gasteiger partial charge >= 0.3 is 6.01 Å². The summed E-state index contributed by atoms with van der Waals surface area (Å²) < 4.78 is 26.5. The predicted molar refractivity (Wildman–Crippen MR) is 143 cm³/mol. The average molecular weight is 505 g/mol. The number of fused-ring (bicyclic) bond motifs is 1. The lowest BCUT2D eigenvalue weighted by Crippen LogP contribution is -2.47. The zero-order valence-corrected chi connectivity index (χ0v) is 21.5. The lowest BCUT2D eigenvalue weighted by molar-refractivity contribution is 0.144. The lowest BCUT2D eigenvalue weighted by atomic mass is 10.1. The van der Waals surface area contributed by atoms with Crippen molar-refractivity contribution in [3.8, 4) is 11.8 Å². The van der Waals surface area contributed by atoms with Crippen LogP contribution in [0.4, 0.5) is 16.0 Å². The number of aliphatic imine (C=N–C) groups is 1. The highest BCUT2D eigenvalue weighted by atomic mass is 19.1. The van der Waals surface area contributed by atoms with Gasteiger partial charge in [0.25, 0.3) is 0 Å². The fourth-order valence-electron chi connectivity index (χ4n) is 5.15. The molecule has 37 heavy (non-hydrogen) atoms. The van der Waals surface area contributed by atoms with Crippen LogP contribution in [-0.2, 0) is 11.2 Å². The van der Waals surface area contributed by atoms with Gasteiger partial charge < -0.3 is 19.7 Å². The van der Waals surface area contributed by atoms with Gasteiger partial charge in [0, 0.05) is 51.5 Å². The van der Waals surface area contributed by atoms with Gasteiger partial charge in [-0.05, 0) is 55.4 Å². The molecule has 0 unspecified atom stereocenters. The molecule has 4 aliphatic rings. The van der Waals surface area contributed by atoms with Crippen LogP contribution >= 0.6 is 0 Å². The molecule has 1 saturated carbocycles. The average Bonchev–Trinajstić information content (AvgIpc) is 3.53. The van der Waals surface area contributed by atoms with Crippen LogP contribution < -0.4 is 15.0 Å². The van der Waals surface area contributed by atoms with Crippen molar-refractivity contribution >= 4 is 23.5 Å². The van der Waals surface area contributed by atoms with Crippen LogP contribution in [0.5, 0.6) is 11.8 Å². The smallest absolute Gasteiger partial charge is 0.326 e. The van der Waals surface area contributed by atoms with E-state index in [2.05, 4.69) is 36.2 Å². The first-order valence-electron chi connectivity index (χ1n) is 13.1. The molecule has 9 heteroatoms. The van der Waals surface area contributed by atoms with Crippen molar-refractivity contribution in [3.63, 3.8) is 0 Å².